The third-order valence-electron chi connectivity index (χ3n) is 1.92. The summed E-state index contributed by atoms with van der Waals surface area (Å²) in [7, 11) is 0. The van der Waals surface area contributed by atoms with Crippen molar-refractivity contribution in [1.29, 1.82) is 0 Å². The normalized spacial score (nSPS) is 14.3. The second-order valence-electron chi connectivity index (χ2n) is 3.82. The van der Waals surface area contributed by atoms with E-state index in [1.807, 2.05) is 0 Å². The van der Waals surface area contributed by atoms with Crippen molar-refractivity contribution in [2.45, 2.75) is 39.2 Å². The zero-order valence-electron chi connectivity index (χ0n) is 12.1. The van der Waals surface area contributed by atoms with Gasteiger partial charge in [-0.25, -0.2) is 31.5 Å². The molecule has 0 heterocycles. The molecule has 6 nitrogen and oxygen atoms in total. The van der Waals surface area contributed by atoms with Gasteiger partial charge in [-0.05, 0) is 6.92 Å². The van der Waals surface area contributed by atoms with Gasteiger partial charge in [-0.2, -0.15) is 4.39 Å². The van der Waals surface area contributed by atoms with Gasteiger partial charge < -0.3 is 19.3 Å². The molecule has 12 heteroatoms. The number of carbonyl (C=O) groups excluding carboxylic acids is 1. The second-order valence-corrected chi connectivity index (χ2v) is 3.82. The fourth-order valence-electron chi connectivity index (χ4n) is 0.838. The summed E-state index contributed by atoms with van der Waals surface area (Å²) in [5, 5.41) is 7.95. The molecule has 0 radical (unpaired) electrons. The number of alkyl halides is 6. The van der Waals surface area contributed by atoms with Gasteiger partial charge in [0.15, 0.2) is 6.17 Å². The Kier molecular flexibility index (Phi) is 12.9. The van der Waals surface area contributed by atoms with Crippen LogP contribution >= 0.6 is 0 Å². The van der Waals surface area contributed by atoms with Gasteiger partial charge in [-0.3, -0.25) is 0 Å². The molecule has 0 aliphatic heterocycles. The van der Waals surface area contributed by atoms with E-state index in [-0.39, 0.29) is 6.61 Å². The summed E-state index contributed by atoms with van der Waals surface area (Å²) in [6.45, 7) is 1.99. The zero-order chi connectivity index (χ0) is 18.6. The standard InChI is InChI=1S/C6H9F3O3.C5H7F3O3/c1-3(2-12-6(10)11)4(7)5(8)9;1-2-10-5(9)11-4(8)3(6)7/h3-5H,2H2,1H3,(H,10,11);3-4H,2H2,1H3. The number of hydrogen-bond acceptors (Lipinski definition) is 5. The first-order valence-corrected chi connectivity index (χ1v) is 6.06. The number of ether oxygens (including phenoxy) is 3. The van der Waals surface area contributed by atoms with Crippen LogP contribution in [0, 0.1) is 5.92 Å². The first-order chi connectivity index (χ1) is 10.5. The van der Waals surface area contributed by atoms with E-state index in [9.17, 15) is 35.9 Å². The molecule has 3 atom stereocenters. The Morgan fingerprint density at radius 1 is 1.00 bits per heavy atom. The lowest BCUT2D eigenvalue weighted by molar-refractivity contribution is -0.109. The van der Waals surface area contributed by atoms with Crippen LogP contribution in [0.25, 0.3) is 0 Å². The van der Waals surface area contributed by atoms with E-state index in [1.54, 1.807) is 0 Å². The molecule has 0 aliphatic rings. The van der Waals surface area contributed by atoms with E-state index in [0.717, 1.165) is 6.92 Å². The lowest BCUT2D eigenvalue weighted by atomic mass is 10.1. The molecule has 0 aromatic carbocycles. The van der Waals surface area contributed by atoms with Gasteiger partial charge >= 0.3 is 25.1 Å². The van der Waals surface area contributed by atoms with Gasteiger partial charge in [0, 0.05) is 5.92 Å². The molecular formula is C11H16F6O6. The monoisotopic (exact) mass is 358 g/mol. The predicted octanol–water partition coefficient (Wildman–Crippen LogP) is 3.64. The van der Waals surface area contributed by atoms with Crippen LogP contribution in [0.2, 0.25) is 0 Å². The van der Waals surface area contributed by atoms with Crippen LogP contribution < -0.4 is 0 Å². The summed E-state index contributed by atoms with van der Waals surface area (Å²) in [4.78, 5) is 19.9. The van der Waals surface area contributed by atoms with Crippen molar-refractivity contribution < 1.29 is 55.2 Å². The van der Waals surface area contributed by atoms with Crippen LogP contribution in [-0.2, 0) is 14.2 Å². The highest BCUT2D eigenvalue weighted by Crippen LogP contribution is 2.15. The summed E-state index contributed by atoms with van der Waals surface area (Å²) in [6.07, 6.45) is -14.7. The molecule has 0 fully saturated rings. The molecule has 0 aliphatic carbocycles. The molecule has 0 bridgehead atoms. The molecule has 138 valence electrons. The third kappa shape index (κ3) is 13.5. The highest BCUT2D eigenvalue weighted by atomic mass is 19.3. The van der Waals surface area contributed by atoms with Gasteiger partial charge in [0.2, 0.25) is 0 Å². The smallest absolute Gasteiger partial charge is 0.450 e. The lowest BCUT2D eigenvalue weighted by Gasteiger charge is -2.14. The van der Waals surface area contributed by atoms with Crippen LogP contribution in [0.4, 0.5) is 35.9 Å². The van der Waals surface area contributed by atoms with Crippen LogP contribution in [0.5, 0.6) is 0 Å². The fraction of sp³-hybridized carbons (Fsp3) is 0.818. The Morgan fingerprint density at radius 3 is 1.87 bits per heavy atom. The lowest BCUT2D eigenvalue weighted by Crippen LogP contribution is -2.26. The first kappa shape index (κ1) is 23.4. The summed E-state index contributed by atoms with van der Waals surface area (Å²) in [6, 6.07) is 0. The van der Waals surface area contributed by atoms with Crippen LogP contribution in [0.15, 0.2) is 0 Å². The average molecular weight is 358 g/mol. The molecule has 0 saturated carbocycles. The quantitative estimate of drug-likeness (QED) is 0.553. The van der Waals surface area contributed by atoms with Crippen LogP contribution in [-0.4, -0.2) is 56.0 Å². The summed E-state index contributed by atoms with van der Waals surface area (Å²) >= 11 is 0. The molecule has 0 aromatic heterocycles. The Morgan fingerprint density at radius 2 is 1.52 bits per heavy atom. The van der Waals surface area contributed by atoms with Crippen molar-refractivity contribution in [2.75, 3.05) is 13.2 Å². The SMILES string of the molecule is CC(COC(=O)O)C(F)C(F)F.CCOC(=O)OC(F)C(F)F. The molecule has 0 spiro atoms. The van der Waals surface area contributed by atoms with Gasteiger partial charge in [-0.15, -0.1) is 0 Å². The molecule has 1 N–H and O–H groups in total. The van der Waals surface area contributed by atoms with Crippen molar-refractivity contribution >= 4 is 12.3 Å². The van der Waals surface area contributed by atoms with Crippen molar-refractivity contribution in [1.82, 2.24) is 0 Å². The van der Waals surface area contributed by atoms with Gasteiger partial charge in [0.1, 0.15) is 6.61 Å². The molecule has 23 heavy (non-hydrogen) atoms. The Hall–Kier alpha value is -1.88. The average Bonchev–Trinajstić information content (AvgIpc) is 2.44. The van der Waals surface area contributed by atoms with E-state index in [1.165, 1.54) is 6.92 Å². The van der Waals surface area contributed by atoms with Crippen molar-refractivity contribution in [3.05, 3.63) is 0 Å². The highest BCUT2D eigenvalue weighted by Gasteiger charge is 2.27. The van der Waals surface area contributed by atoms with E-state index >= 15 is 0 Å². The minimum Gasteiger partial charge on any atom is -0.450 e. The maximum atomic E-state index is 12.3. The van der Waals surface area contributed by atoms with Gasteiger partial charge in [-0.1, -0.05) is 6.92 Å². The maximum absolute atomic E-state index is 12.3. The Balaban J connectivity index is 0. The molecule has 0 rings (SSSR count). The predicted molar refractivity (Wildman–Crippen MR) is 63.0 cm³/mol. The van der Waals surface area contributed by atoms with Gasteiger partial charge in [0.05, 0.1) is 6.61 Å². The summed E-state index contributed by atoms with van der Waals surface area (Å²) in [5.74, 6) is -1.12. The minimum absolute atomic E-state index is 0.0468. The Labute approximate surface area is 127 Å². The van der Waals surface area contributed by atoms with Crippen molar-refractivity contribution in [3.63, 3.8) is 0 Å². The maximum Gasteiger partial charge on any atom is 0.511 e. The molecule has 0 aromatic rings. The molecule has 0 amide bonds. The second kappa shape index (κ2) is 12.6. The number of halogens is 6. The first-order valence-electron chi connectivity index (χ1n) is 6.06. The largest absolute Gasteiger partial charge is 0.511 e. The minimum atomic E-state index is -3.33. The third-order valence-corrected chi connectivity index (χ3v) is 1.92. The van der Waals surface area contributed by atoms with Crippen molar-refractivity contribution in [2.24, 2.45) is 5.92 Å². The number of carbonyl (C=O) groups is 2. The topological polar surface area (TPSA) is 82.1 Å². The number of rotatable bonds is 7. The van der Waals surface area contributed by atoms with Crippen LogP contribution in [0.3, 0.4) is 0 Å². The van der Waals surface area contributed by atoms with Gasteiger partial charge in [0.25, 0.3) is 6.43 Å². The molecule has 0 saturated heterocycles. The van der Waals surface area contributed by atoms with Crippen LogP contribution in [0.1, 0.15) is 13.8 Å². The van der Waals surface area contributed by atoms with Crippen molar-refractivity contribution in [3.8, 4) is 0 Å². The zero-order valence-corrected chi connectivity index (χ0v) is 12.1. The summed E-state index contributed by atoms with van der Waals surface area (Å²) in [5.41, 5.74) is 0. The number of hydrogen-bond donors (Lipinski definition) is 1. The van der Waals surface area contributed by atoms with E-state index < -0.39 is 50.2 Å². The van der Waals surface area contributed by atoms with E-state index in [2.05, 4.69) is 14.2 Å². The molecular weight excluding hydrogens is 342 g/mol. The fourth-order valence-corrected chi connectivity index (χ4v) is 0.838. The number of carboxylic acid groups (broad SMARTS) is 1. The summed E-state index contributed by atoms with van der Waals surface area (Å²) < 4.78 is 81.5. The highest BCUT2D eigenvalue weighted by molar-refractivity contribution is 5.59. The molecule has 3 unspecified atom stereocenters. The van der Waals surface area contributed by atoms with E-state index in [0.29, 0.717) is 0 Å². The van der Waals surface area contributed by atoms with E-state index in [4.69, 9.17) is 5.11 Å². The Bertz CT molecular complexity index is 343.